The lowest BCUT2D eigenvalue weighted by Gasteiger charge is -2.20. The molecule has 7 heteroatoms. The van der Waals surface area contributed by atoms with Crippen molar-refractivity contribution < 1.29 is 12.8 Å². The van der Waals surface area contributed by atoms with Gasteiger partial charge in [0, 0.05) is 34.9 Å². The van der Waals surface area contributed by atoms with Gasteiger partial charge in [-0.05, 0) is 62.4 Å². The van der Waals surface area contributed by atoms with Crippen molar-refractivity contribution >= 4 is 26.6 Å². The molecule has 0 bridgehead atoms. The zero-order chi connectivity index (χ0) is 18.2. The first-order chi connectivity index (χ1) is 11.6. The predicted molar refractivity (Wildman–Crippen MR) is 97.4 cm³/mol. The third kappa shape index (κ3) is 4.00. The molecule has 0 saturated carbocycles. The van der Waals surface area contributed by atoms with Crippen LogP contribution in [0.15, 0.2) is 59.6 Å². The van der Waals surface area contributed by atoms with Crippen molar-refractivity contribution in [3.63, 3.8) is 0 Å². The topological polar surface area (TPSA) is 77.1 Å². The van der Waals surface area contributed by atoms with Gasteiger partial charge in [-0.15, -0.1) is 0 Å². The molecule has 5 nitrogen and oxygen atoms in total. The highest BCUT2D eigenvalue weighted by Gasteiger charge is 2.16. The molecule has 25 heavy (non-hydrogen) atoms. The summed E-state index contributed by atoms with van der Waals surface area (Å²) in [5.41, 5.74) is 7.14. The lowest BCUT2D eigenvalue weighted by Crippen LogP contribution is -2.36. The molecule has 132 valence electrons. The summed E-state index contributed by atoms with van der Waals surface area (Å²) in [5, 5.41) is 0.906. The molecule has 0 amide bonds. The Morgan fingerprint density at radius 3 is 2.44 bits per heavy atom. The summed E-state index contributed by atoms with van der Waals surface area (Å²) in [4.78, 5) is 0.0106. The Morgan fingerprint density at radius 1 is 1.12 bits per heavy atom. The maximum absolute atomic E-state index is 13.0. The smallest absolute Gasteiger partial charge is 0.261 e. The van der Waals surface area contributed by atoms with Gasteiger partial charge in [-0.3, -0.25) is 4.72 Å². The molecule has 2 aromatic carbocycles. The van der Waals surface area contributed by atoms with E-state index in [9.17, 15) is 12.8 Å². The zero-order valence-electron chi connectivity index (χ0n) is 14.0. The molecule has 0 saturated heterocycles. The number of halogens is 1. The van der Waals surface area contributed by atoms with Gasteiger partial charge >= 0.3 is 0 Å². The summed E-state index contributed by atoms with van der Waals surface area (Å²) in [6.45, 7) is 4.55. The van der Waals surface area contributed by atoms with Gasteiger partial charge in [0.1, 0.15) is 5.82 Å². The minimum Gasteiger partial charge on any atom is -0.346 e. The number of nitrogens with one attached hydrogen (secondary N) is 1. The van der Waals surface area contributed by atoms with Crippen molar-refractivity contribution in [3.05, 3.63) is 60.5 Å². The largest absolute Gasteiger partial charge is 0.346 e. The zero-order valence-corrected chi connectivity index (χ0v) is 14.8. The summed E-state index contributed by atoms with van der Waals surface area (Å²) < 4.78 is 42.3. The van der Waals surface area contributed by atoms with Crippen molar-refractivity contribution in [2.45, 2.75) is 30.8 Å². The van der Waals surface area contributed by atoms with Crippen LogP contribution in [-0.2, 0) is 16.6 Å². The van der Waals surface area contributed by atoms with E-state index >= 15 is 0 Å². The molecular formula is C18H20FN3O2S. The van der Waals surface area contributed by atoms with Crippen LogP contribution < -0.4 is 10.5 Å². The fraction of sp³-hybridized carbons (Fsp3) is 0.222. The molecule has 0 aliphatic heterocycles. The van der Waals surface area contributed by atoms with Gasteiger partial charge in [0.2, 0.25) is 0 Å². The second-order valence-corrected chi connectivity index (χ2v) is 8.45. The first-order valence-corrected chi connectivity index (χ1v) is 9.29. The minimum atomic E-state index is -3.76. The highest BCUT2D eigenvalue weighted by molar-refractivity contribution is 7.92. The van der Waals surface area contributed by atoms with Gasteiger partial charge in [-0.25, -0.2) is 12.8 Å². The van der Waals surface area contributed by atoms with Gasteiger partial charge in [0.25, 0.3) is 10.0 Å². The van der Waals surface area contributed by atoms with Crippen LogP contribution in [0, 0.1) is 5.82 Å². The number of benzene rings is 2. The number of fused-ring (bicyclic) bond motifs is 1. The van der Waals surface area contributed by atoms with Crippen LogP contribution in [0.2, 0.25) is 0 Å². The SMILES string of the molecule is CC(C)(N)Cn1ccc2cc(NS(=O)(=O)c3ccc(F)cc3)ccc21. The first kappa shape index (κ1) is 17.4. The monoisotopic (exact) mass is 361 g/mol. The summed E-state index contributed by atoms with van der Waals surface area (Å²) in [6, 6.07) is 11.9. The second kappa shape index (κ2) is 6.16. The summed E-state index contributed by atoms with van der Waals surface area (Å²) in [6.07, 6.45) is 1.93. The molecule has 0 aliphatic rings. The van der Waals surface area contributed by atoms with Crippen molar-refractivity contribution in [1.29, 1.82) is 0 Å². The normalized spacial score (nSPS) is 12.5. The van der Waals surface area contributed by atoms with E-state index in [2.05, 4.69) is 4.72 Å². The number of rotatable bonds is 5. The number of nitrogens with zero attached hydrogens (tertiary/aromatic N) is 1. The predicted octanol–water partition coefficient (Wildman–Crippen LogP) is 3.32. The minimum absolute atomic E-state index is 0.0106. The maximum atomic E-state index is 13.0. The van der Waals surface area contributed by atoms with E-state index in [0.717, 1.165) is 23.0 Å². The Kier molecular flexibility index (Phi) is 4.30. The standard InChI is InChI=1S/C18H20FN3O2S/c1-18(2,20)12-22-10-9-13-11-15(5-8-17(13)22)21-25(23,24)16-6-3-14(19)4-7-16/h3-11,21H,12,20H2,1-2H3. The average Bonchev–Trinajstić information content (AvgIpc) is 2.87. The number of sulfonamides is 1. The number of hydrogen-bond donors (Lipinski definition) is 2. The maximum Gasteiger partial charge on any atom is 0.261 e. The third-order valence-corrected chi connectivity index (χ3v) is 5.12. The number of anilines is 1. The number of aromatic nitrogens is 1. The van der Waals surface area contributed by atoms with Crippen LogP contribution in [0.25, 0.3) is 10.9 Å². The van der Waals surface area contributed by atoms with E-state index in [-0.39, 0.29) is 10.4 Å². The van der Waals surface area contributed by atoms with E-state index in [0.29, 0.717) is 12.2 Å². The molecule has 3 aromatic rings. The summed E-state index contributed by atoms with van der Waals surface area (Å²) in [7, 11) is -3.76. The van der Waals surface area contributed by atoms with Gasteiger partial charge in [0.05, 0.1) is 4.90 Å². The molecule has 0 unspecified atom stereocenters. The first-order valence-electron chi connectivity index (χ1n) is 7.80. The van der Waals surface area contributed by atoms with Gasteiger partial charge in [0.15, 0.2) is 0 Å². The Morgan fingerprint density at radius 2 is 1.80 bits per heavy atom. The highest BCUT2D eigenvalue weighted by Crippen LogP contribution is 2.24. The quantitative estimate of drug-likeness (QED) is 0.732. The van der Waals surface area contributed by atoms with Crippen LogP contribution in [0.1, 0.15) is 13.8 Å². The summed E-state index contributed by atoms with van der Waals surface area (Å²) in [5.74, 6) is -0.482. The van der Waals surface area contributed by atoms with Crippen LogP contribution in [0.4, 0.5) is 10.1 Å². The molecule has 0 atom stereocenters. The van der Waals surface area contributed by atoms with Crippen LogP contribution >= 0.6 is 0 Å². The van der Waals surface area contributed by atoms with Crippen LogP contribution in [-0.4, -0.2) is 18.5 Å². The second-order valence-electron chi connectivity index (χ2n) is 6.77. The molecule has 0 fully saturated rings. The van der Waals surface area contributed by atoms with E-state index in [1.807, 2.05) is 36.7 Å². The van der Waals surface area contributed by atoms with Crippen molar-refractivity contribution in [3.8, 4) is 0 Å². The van der Waals surface area contributed by atoms with Gasteiger partial charge < -0.3 is 10.3 Å². The van der Waals surface area contributed by atoms with Crippen molar-refractivity contribution in [2.24, 2.45) is 5.73 Å². The highest BCUT2D eigenvalue weighted by atomic mass is 32.2. The molecule has 3 N–H and O–H groups in total. The molecule has 1 aromatic heterocycles. The van der Waals surface area contributed by atoms with Crippen LogP contribution in [0.3, 0.4) is 0 Å². The van der Waals surface area contributed by atoms with Crippen molar-refractivity contribution in [1.82, 2.24) is 4.57 Å². The Labute approximate surface area is 146 Å². The Hall–Kier alpha value is -2.38. The van der Waals surface area contributed by atoms with Crippen LogP contribution in [0.5, 0.6) is 0 Å². The fourth-order valence-corrected chi connectivity index (χ4v) is 3.72. The lowest BCUT2D eigenvalue weighted by molar-refractivity contribution is 0.441. The molecule has 0 aliphatic carbocycles. The lowest BCUT2D eigenvalue weighted by atomic mass is 10.1. The molecule has 0 spiro atoms. The number of hydrogen-bond acceptors (Lipinski definition) is 3. The molecule has 0 radical (unpaired) electrons. The Bertz CT molecular complexity index is 1000. The van der Waals surface area contributed by atoms with E-state index in [1.165, 1.54) is 12.1 Å². The fourth-order valence-electron chi connectivity index (χ4n) is 2.67. The molecule has 3 rings (SSSR count). The molecular weight excluding hydrogens is 341 g/mol. The van der Waals surface area contributed by atoms with Crippen molar-refractivity contribution in [2.75, 3.05) is 4.72 Å². The molecule has 1 heterocycles. The van der Waals surface area contributed by atoms with E-state index in [4.69, 9.17) is 5.73 Å². The average molecular weight is 361 g/mol. The summed E-state index contributed by atoms with van der Waals surface area (Å²) >= 11 is 0. The van der Waals surface area contributed by atoms with Gasteiger partial charge in [-0.2, -0.15) is 0 Å². The van der Waals surface area contributed by atoms with E-state index < -0.39 is 15.8 Å². The third-order valence-electron chi connectivity index (χ3n) is 3.73. The van der Waals surface area contributed by atoms with E-state index in [1.54, 1.807) is 12.1 Å². The Balaban J connectivity index is 1.88. The van der Waals surface area contributed by atoms with Gasteiger partial charge in [-0.1, -0.05) is 0 Å². The number of nitrogens with two attached hydrogens (primary N) is 1.